The second kappa shape index (κ2) is 8.18. The maximum atomic E-state index is 12.6. The van der Waals surface area contributed by atoms with Gasteiger partial charge in [-0.3, -0.25) is 14.9 Å². The van der Waals surface area contributed by atoms with Crippen LogP contribution in [0, 0.1) is 10.1 Å². The van der Waals surface area contributed by atoms with E-state index in [4.69, 9.17) is 27.9 Å². The summed E-state index contributed by atoms with van der Waals surface area (Å²) >= 11 is 13.6. The Morgan fingerprint density at radius 2 is 2.11 bits per heavy atom. The molecule has 0 saturated carbocycles. The number of ether oxygens (including phenoxy) is 1. The first kappa shape index (κ1) is 19.5. The third kappa shape index (κ3) is 4.19. The number of non-ortho nitro benzene ring substituents is 1. The van der Waals surface area contributed by atoms with Gasteiger partial charge in [0.05, 0.1) is 26.8 Å². The highest BCUT2D eigenvalue weighted by Crippen LogP contribution is 2.29. The molecule has 0 aliphatic heterocycles. The molecule has 0 atom stereocenters. The first-order valence-corrected chi connectivity index (χ1v) is 9.29. The van der Waals surface area contributed by atoms with Gasteiger partial charge in [-0.05, 0) is 18.2 Å². The smallest absolute Gasteiger partial charge is 0.279 e. The number of thiazole rings is 1. The topological polar surface area (TPSA) is 86.7 Å². The number of fused-ring (bicyclic) bond motifs is 1. The van der Waals surface area contributed by atoms with Gasteiger partial charge >= 0.3 is 0 Å². The number of nitrogens with zero attached hydrogens (tertiary/aromatic N) is 3. The van der Waals surface area contributed by atoms with Gasteiger partial charge in [-0.1, -0.05) is 40.6 Å². The molecule has 0 radical (unpaired) electrons. The van der Waals surface area contributed by atoms with E-state index >= 15 is 0 Å². The predicted octanol–water partition coefficient (Wildman–Crippen LogP) is 4.31. The van der Waals surface area contributed by atoms with Gasteiger partial charge in [0.15, 0.2) is 4.80 Å². The molecular weight excluding hydrogens is 413 g/mol. The van der Waals surface area contributed by atoms with Crippen molar-refractivity contribution in [2.45, 2.75) is 6.54 Å². The van der Waals surface area contributed by atoms with Crippen molar-refractivity contribution in [2.24, 2.45) is 4.99 Å². The highest BCUT2D eigenvalue weighted by Gasteiger charge is 2.14. The molecule has 3 rings (SSSR count). The van der Waals surface area contributed by atoms with E-state index in [-0.39, 0.29) is 11.3 Å². The predicted molar refractivity (Wildman–Crippen MR) is 105 cm³/mol. The average molecular weight is 426 g/mol. The van der Waals surface area contributed by atoms with Crippen LogP contribution in [-0.2, 0) is 11.3 Å². The number of methoxy groups -OCH3 is 1. The lowest BCUT2D eigenvalue weighted by molar-refractivity contribution is -0.384. The molecule has 0 saturated heterocycles. The van der Waals surface area contributed by atoms with E-state index in [1.807, 2.05) is 0 Å². The zero-order chi connectivity index (χ0) is 19.6. The summed E-state index contributed by atoms with van der Waals surface area (Å²) in [7, 11) is 1.57. The number of carbonyl (C=O) groups excluding carboxylic acids is 1. The van der Waals surface area contributed by atoms with Crippen molar-refractivity contribution >= 4 is 56.3 Å². The molecule has 0 bridgehead atoms. The van der Waals surface area contributed by atoms with E-state index in [0.29, 0.717) is 33.5 Å². The number of nitro groups is 1. The molecule has 10 heteroatoms. The van der Waals surface area contributed by atoms with Crippen LogP contribution in [0.25, 0.3) is 10.2 Å². The Kier molecular flexibility index (Phi) is 5.91. The lowest BCUT2D eigenvalue weighted by atomic mass is 10.2. The minimum Gasteiger partial charge on any atom is -0.383 e. The van der Waals surface area contributed by atoms with Gasteiger partial charge in [0.2, 0.25) is 0 Å². The number of benzene rings is 2. The third-order valence-corrected chi connectivity index (χ3v) is 5.25. The number of halogens is 2. The molecule has 0 spiro atoms. The van der Waals surface area contributed by atoms with Crippen molar-refractivity contribution in [1.29, 1.82) is 0 Å². The Balaban J connectivity index is 2.14. The van der Waals surface area contributed by atoms with Crippen molar-refractivity contribution in [3.8, 4) is 0 Å². The van der Waals surface area contributed by atoms with Crippen molar-refractivity contribution in [2.75, 3.05) is 13.7 Å². The number of hydrogen-bond donors (Lipinski definition) is 0. The minimum atomic E-state index is -0.585. The van der Waals surface area contributed by atoms with Crippen LogP contribution in [0.1, 0.15) is 10.4 Å². The maximum Gasteiger partial charge on any atom is 0.279 e. The zero-order valence-electron chi connectivity index (χ0n) is 14.0. The molecule has 0 N–H and O–H groups in total. The lowest BCUT2D eigenvalue weighted by Crippen LogP contribution is -2.19. The molecule has 3 aromatic rings. The molecule has 1 amide bonds. The summed E-state index contributed by atoms with van der Waals surface area (Å²) in [4.78, 5) is 27.5. The molecule has 27 heavy (non-hydrogen) atoms. The molecule has 1 aromatic heterocycles. The van der Waals surface area contributed by atoms with Gasteiger partial charge in [0.25, 0.3) is 11.6 Å². The molecule has 0 fully saturated rings. The quantitative estimate of drug-likeness (QED) is 0.450. The second-order valence-corrected chi connectivity index (χ2v) is 7.34. The zero-order valence-corrected chi connectivity index (χ0v) is 16.3. The van der Waals surface area contributed by atoms with Crippen molar-refractivity contribution in [1.82, 2.24) is 4.57 Å². The van der Waals surface area contributed by atoms with Crippen LogP contribution in [0.3, 0.4) is 0 Å². The fourth-order valence-corrected chi connectivity index (χ4v) is 4.35. The molecule has 1 heterocycles. The first-order valence-electron chi connectivity index (χ1n) is 7.71. The second-order valence-electron chi connectivity index (χ2n) is 5.49. The Morgan fingerprint density at radius 1 is 1.33 bits per heavy atom. The van der Waals surface area contributed by atoms with Gasteiger partial charge in [-0.15, -0.1) is 0 Å². The van der Waals surface area contributed by atoms with Crippen LogP contribution in [0.15, 0.2) is 41.4 Å². The van der Waals surface area contributed by atoms with Gasteiger partial charge in [0.1, 0.15) is 0 Å². The van der Waals surface area contributed by atoms with Gasteiger partial charge in [-0.25, -0.2) is 0 Å². The molecule has 7 nitrogen and oxygen atoms in total. The molecular formula is C17H13Cl2N3O4S. The third-order valence-electron chi connectivity index (χ3n) is 3.72. The van der Waals surface area contributed by atoms with E-state index in [1.165, 1.54) is 35.6 Å². The van der Waals surface area contributed by atoms with Crippen molar-refractivity contribution < 1.29 is 14.5 Å². The number of hydrogen-bond acceptors (Lipinski definition) is 5. The molecule has 0 unspecified atom stereocenters. The average Bonchev–Trinajstić information content (AvgIpc) is 2.97. The Labute approximate surface area is 167 Å². The maximum absolute atomic E-state index is 12.6. The van der Waals surface area contributed by atoms with Crippen LogP contribution in [0.2, 0.25) is 10.0 Å². The first-order chi connectivity index (χ1) is 12.9. The highest BCUT2D eigenvalue weighted by atomic mass is 35.5. The van der Waals surface area contributed by atoms with E-state index in [9.17, 15) is 14.9 Å². The fourth-order valence-electron chi connectivity index (χ4n) is 2.51. The van der Waals surface area contributed by atoms with Crippen molar-refractivity contribution in [3.63, 3.8) is 0 Å². The number of rotatable bonds is 5. The monoisotopic (exact) mass is 425 g/mol. The Hall–Kier alpha value is -2.26. The van der Waals surface area contributed by atoms with Gasteiger partial charge in [0, 0.05) is 36.4 Å². The van der Waals surface area contributed by atoms with E-state index in [2.05, 4.69) is 4.99 Å². The van der Waals surface area contributed by atoms with E-state index in [1.54, 1.807) is 23.8 Å². The van der Waals surface area contributed by atoms with E-state index in [0.717, 1.165) is 4.70 Å². The SMILES string of the molecule is COCCn1c(=NC(=O)c2cccc([N+](=O)[O-])c2)sc2cc(Cl)cc(Cl)c21. The summed E-state index contributed by atoms with van der Waals surface area (Å²) in [6.07, 6.45) is 0. The van der Waals surface area contributed by atoms with Gasteiger partial charge < -0.3 is 9.30 Å². The van der Waals surface area contributed by atoms with Gasteiger partial charge in [-0.2, -0.15) is 4.99 Å². The number of amides is 1. The summed E-state index contributed by atoms with van der Waals surface area (Å²) in [5, 5.41) is 11.8. The molecule has 140 valence electrons. The summed E-state index contributed by atoms with van der Waals surface area (Å²) in [6.45, 7) is 0.821. The summed E-state index contributed by atoms with van der Waals surface area (Å²) < 4.78 is 7.68. The van der Waals surface area contributed by atoms with Crippen LogP contribution < -0.4 is 4.80 Å². The van der Waals surface area contributed by atoms with E-state index < -0.39 is 10.8 Å². The van der Waals surface area contributed by atoms with Crippen LogP contribution in [0.4, 0.5) is 5.69 Å². The standard InChI is InChI=1S/C17H13Cl2N3O4S/c1-26-6-5-21-15-13(19)8-11(18)9-14(15)27-17(21)20-16(23)10-3-2-4-12(7-10)22(24)25/h2-4,7-9H,5-6H2,1H3. The highest BCUT2D eigenvalue weighted by molar-refractivity contribution is 7.16. The summed E-state index contributed by atoms with van der Waals surface area (Å²) in [5.74, 6) is -0.585. The fraction of sp³-hybridized carbons (Fsp3) is 0.176. The molecule has 0 aliphatic rings. The normalized spacial score (nSPS) is 11.9. The van der Waals surface area contributed by atoms with Crippen LogP contribution in [0.5, 0.6) is 0 Å². The molecule has 2 aromatic carbocycles. The number of aromatic nitrogens is 1. The molecule has 0 aliphatic carbocycles. The summed E-state index contributed by atoms with van der Waals surface area (Å²) in [6, 6.07) is 8.80. The number of nitro benzene ring substituents is 1. The number of carbonyl (C=O) groups is 1. The van der Waals surface area contributed by atoms with Crippen LogP contribution >= 0.6 is 34.5 Å². The minimum absolute atomic E-state index is 0.129. The van der Waals surface area contributed by atoms with Crippen LogP contribution in [-0.4, -0.2) is 29.1 Å². The summed E-state index contributed by atoms with van der Waals surface area (Å²) in [5.41, 5.74) is 0.660. The van der Waals surface area contributed by atoms with Crippen molar-refractivity contribution in [3.05, 3.63) is 66.9 Å². The Bertz CT molecular complexity index is 1110. The largest absolute Gasteiger partial charge is 0.383 e. The lowest BCUT2D eigenvalue weighted by Gasteiger charge is -2.06. The Morgan fingerprint density at radius 3 is 2.81 bits per heavy atom.